The number of hydrogen-bond donors (Lipinski definition) is 3. The smallest absolute Gasteiger partial charge is 0.234 e. The molecule has 0 spiro atoms. The van der Waals surface area contributed by atoms with E-state index in [1.165, 1.54) is 6.42 Å². The van der Waals surface area contributed by atoms with Crippen LogP contribution in [0.15, 0.2) is 0 Å². The highest BCUT2D eigenvalue weighted by atomic mass is 16.3. The van der Waals surface area contributed by atoms with E-state index in [-0.39, 0.29) is 24.1 Å². The number of nitrogens with one attached hydrogen (secondary N) is 1. The summed E-state index contributed by atoms with van der Waals surface area (Å²) >= 11 is 0. The van der Waals surface area contributed by atoms with Crippen molar-refractivity contribution in [3.8, 4) is 0 Å². The maximum Gasteiger partial charge on any atom is 0.234 e. The number of primary amides is 1. The first kappa shape index (κ1) is 11.5. The first-order valence-corrected chi connectivity index (χ1v) is 5.34. The van der Waals surface area contributed by atoms with Gasteiger partial charge in [0, 0.05) is 6.04 Å². The predicted molar refractivity (Wildman–Crippen MR) is 54.7 cm³/mol. The molecule has 0 heterocycles. The molecular formula is C10H20N2O2. The SMILES string of the molecule is CC(NC1CCCCCC1O)C(N)=O. The molecule has 1 aliphatic rings. The standard InChI is InChI=1S/C10H20N2O2/c1-7(10(11)14)12-8-5-3-2-4-6-9(8)13/h7-9,12-13H,2-6H2,1H3,(H2,11,14). The van der Waals surface area contributed by atoms with E-state index in [1.54, 1.807) is 6.92 Å². The van der Waals surface area contributed by atoms with Gasteiger partial charge in [-0.15, -0.1) is 0 Å². The number of nitrogens with two attached hydrogens (primary N) is 1. The zero-order valence-electron chi connectivity index (χ0n) is 8.70. The highest BCUT2D eigenvalue weighted by Crippen LogP contribution is 2.18. The van der Waals surface area contributed by atoms with Crippen LogP contribution in [0.3, 0.4) is 0 Å². The molecule has 0 aliphatic heterocycles. The van der Waals surface area contributed by atoms with Crippen LogP contribution in [0.5, 0.6) is 0 Å². The monoisotopic (exact) mass is 200 g/mol. The lowest BCUT2D eigenvalue weighted by molar-refractivity contribution is -0.120. The zero-order chi connectivity index (χ0) is 10.6. The minimum Gasteiger partial charge on any atom is -0.392 e. The van der Waals surface area contributed by atoms with Crippen LogP contribution >= 0.6 is 0 Å². The third kappa shape index (κ3) is 3.27. The highest BCUT2D eigenvalue weighted by Gasteiger charge is 2.23. The normalized spacial score (nSPS) is 30.7. The largest absolute Gasteiger partial charge is 0.392 e. The van der Waals surface area contributed by atoms with Gasteiger partial charge < -0.3 is 16.2 Å². The van der Waals surface area contributed by atoms with Crippen molar-refractivity contribution < 1.29 is 9.90 Å². The minimum absolute atomic E-state index is 0.0278. The summed E-state index contributed by atoms with van der Waals surface area (Å²) < 4.78 is 0. The fourth-order valence-corrected chi connectivity index (χ4v) is 1.89. The maximum absolute atomic E-state index is 10.8. The van der Waals surface area contributed by atoms with Crippen LogP contribution in [0.25, 0.3) is 0 Å². The lowest BCUT2D eigenvalue weighted by Gasteiger charge is -2.24. The second-order valence-corrected chi connectivity index (χ2v) is 4.10. The Balaban J connectivity index is 2.43. The Kier molecular flexibility index (Phi) is 4.35. The van der Waals surface area contributed by atoms with Gasteiger partial charge in [-0.05, 0) is 19.8 Å². The van der Waals surface area contributed by atoms with Crippen molar-refractivity contribution >= 4 is 5.91 Å². The van der Waals surface area contributed by atoms with Crippen LogP contribution in [0.1, 0.15) is 39.0 Å². The Labute approximate surface area is 84.9 Å². The Hall–Kier alpha value is -0.610. The number of carbonyl (C=O) groups excluding carboxylic acids is 1. The first-order valence-electron chi connectivity index (χ1n) is 5.34. The Bertz CT molecular complexity index is 197. The summed E-state index contributed by atoms with van der Waals surface area (Å²) in [6.45, 7) is 1.74. The molecule has 1 saturated carbocycles. The van der Waals surface area contributed by atoms with E-state index in [1.807, 2.05) is 0 Å². The van der Waals surface area contributed by atoms with Gasteiger partial charge in [-0.1, -0.05) is 19.3 Å². The quantitative estimate of drug-likeness (QED) is 0.567. The summed E-state index contributed by atoms with van der Waals surface area (Å²) in [5.74, 6) is -0.360. The molecule has 4 nitrogen and oxygen atoms in total. The summed E-state index contributed by atoms with van der Waals surface area (Å²) in [5.41, 5.74) is 5.15. The Morgan fingerprint density at radius 1 is 1.43 bits per heavy atom. The van der Waals surface area contributed by atoms with Gasteiger partial charge in [0.25, 0.3) is 0 Å². The van der Waals surface area contributed by atoms with Crippen molar-refractivity contribution in [1.82, 2.24) is 5.32 Å². The van der Waals surface area contributed by atoms with Gasteiger partial charge in [0.15, 0.2) is 0 Å². The van der Waals surface area contributed by atoms with E-state index in [0.717, 1.165) is 25.7 Å². The van der Waals surface area contributed by atoms with E-state index in [2.05, 4.69) is 5.32 Å². The van der Waals surface area contributed by atoms with Crippen molar-refractivity contribution in [2.75, 3.05) is 0 Å². The van der Waals surface area contributed by atoms with Crippen molar-refractivity contribution in [1.29, 1.82) is 0 Å². The predicted octanol–water partition coefficient (Wildman–Crippen LogP) is 0.143. The maximum atomic E-state index is 10.8. The molecule has 82 valence electrons. The lowest BCUT2D eigenvalue weighted by Crippen LogP contribution is -2.49. The summed E-state index contributed by atoms with van der Waals surface area (Å²) in [6.07, 6.45) is 4.77. The molecule has 14 heavy (non-hydrogen) atoms. The van der Waals surface area contributed by atoms with Gasteiger partial charge in [-0.25, -0.2) is 0 Å². The molecule has 0 bridgehead atoms. The molecule has 1 amide bonds. The van der Waals surface area contributed by atoms with Crippen LogP contribution in [0.2, 0.25) is 0 Å². The summed E-state index contributed by atoms with van der Waals surface area (Å²) in [6, 6.07) is -0.326. The van der Waals surface area contributed by atoms with Crippen LogP contribution in [-0.2, 0) is 4.79 Å². The molecule has 1 fully saturated rings. The molecule has 0 saturated heterocycles. The Morgan fingerprint density at radius 3 is 2.71 bits per heavy atom. The van der Waals surface area contributed by atoms with Gasteiger partial charge in [0.1, 0.15) is 0 Å². The molecule has 3 unspecified atom stereocenters. The molecular weight excluding hydrogens is 180 g/mol. The molecule has 0 aromatic rings. The summed E-state index contributed by atoms with van der Waals surface area (Å²) in [5, 5.41) is 12.8. The van der Waals surface area contributed by atoms with Gasteiger partial charge in [-0.3, -0.25) is 4.79 Å². The summed E-state index contributed by atoms with van der Waals surface area (Å²) in [4.78, 5) is 10.8. The van der Waals surface area contributed by atoms with E-state index in [0.29, 0.717) is 0 Å². The first-order chi connectivity index (χ1) is 6.61. The minimum atomic E-state index is -0.360. The summed E-state index contributed by atoms with van der Waals surface area (Å²) in [7, 11) is 0. The van der Waals surface area contributed by atoms with E-state index >= 15 is 0 Å². The molecule has 4 heteroatoms. The number of amides is 1. The topological polar surface area (TPSA) is 75.3 Å². The number of aliphatic hydroxyl groups is 1. The fraction of sp³-hybridized carbons (Fsp3) is 0.900. The van der Waals surface area contributed by atoms with Crippen LogP contribution < -0.4 is 11.1 Å². The van der Waals surface area contributed by atoms with Crippen molar-refractivity contribution in [2.24, 2.45) is 5.73 Å². The molecule has 3 atom stereocenters. The van der Waals surface area contributed by atoms with Gasteiger partial charge in [-0.2, -0.15) is 0 Å². The van der Waals surface area contributed by atoms with Crippen LogP contribution in [-0.4, -0.2) is 29.2 Å². The van der Waals surface area contributed by atoms with E-state index in [4.69, 9.17) is 5.73 Å². The number of aliphatic hydroxyl groups excluding tert-OH is 1. The van der Waals surface area contributed by atoms with E-state index < -0.39 is 0 Å². The lowest BCUT2D eigenvalue weighted by atomic mass is 10.1. The van der Waals surface area contributed by atoms with Gasteiger partial charge in [0.05, 0.1) is 12.1 Å². The molecule has 4 N–H and O–H groups in total. The average Bonchev–Trinajstić information content (AvgIpc) is 2.32. The second-order valence-electron chi connectivity index (χ2n) is 4.10. The van der Waals surface area contributed by atoms with E-state index in [9.17, 15) is 9.90 Å². The molecule has 0 aromatic heterocycles. The van der Waals surface area contributed by atoms with Crippen LogP contribution in [0, 0.1) is 0 Å². The van der Waals surface area contributed by atoms with Crippen molar-refractivity contribution in [3.63, 3.8) is 0 Å². The second kappa shape index (κ2) is 5.32. The fourth-order valence-electron chi connectivity index (χ4n) is 1.89. The van der Waals surface area contributed by atoms with Crippen LogP contribution in [0.4, 0.5) is 0 Å². The molecule has 1 rings (SSSR count). The third-order valence-electron chi connectivity index (χ3n) is 2.87. The molecule has 1 aliphatic carbocycles. The van der Waals surface area contributed by atoms with Gasteiger partial charge >= 0.3 is 0 Å². The third-order valence-corrected chi connectivity index (χ3v) is 2.87. The van der Waals surface area contributed by atoms with Crippen molar-refractivity contribution in [2.45, 2.75) is 57.2 Å². The number of hydrogen-bond acceptors (Lipinski definition) is 3. The number of rotatable bonds is 3. The molecule has 0 radical (unpaired) electrons. The Morgan fingerprint density at radius 2 is 2.07 bits per heavy atom. The zero-order valence-corrected chi connectivity index (χ0v) is 8.70. The number of carbonyl (C=O) groups is 1. The van der Waals surface area contributed by atoms with Crippen molar-refractivity contribution in [3.05, 3.63) is 0 Å². The molecule has 0 aromatic carbocycles. The van der Waals surface area contributed by atoms with Gasteiger partial charge in [0.2, 0.25) is 5.91 Å². The average molecular weight is 200 g/mol. The highest BCUT2D eigenvalue weighted by molar-refractivity contribution is 5.79.